The zero-order valence-corrected chi connectivity index (χ0v) is 13.7. The maximum absolute atomic E-state index is 10.9. The Morgan fingerprint density at radius 3 is 2.79 bits per heavy atom. The second-order valence-corrected chi connectivity index (χ2v) is 6.77. The average molecular weight is 331 g/mol. The van der Waals surface area contributed by atoms with Gasteiger partial charge in [-0.3, -0.25) is 4.68 Å². The molecule has 1 aliphatic rings. The van der Waals surface area contributed by atoms with E-state index in [4.69, 9.17) is 4.74 Å². The Balaban J connectivity index is 2.16. The summed E-state index contributed by atoms with van der Waals surface area (Å²) in [5.74, 6) is 0.434. The summed E-state index contributed by atoms with van der Waals surface area (Å²) in [6.07, 6.45) is 2.15. The van der Waals surface area contributed by atoms with Crippen molar-refractivity contribution in [3.8, 4) is 0 Å². The van der Waals surface area contributed by atoms with E-state index in [-0.39, 0.29) is 6.10 Å². The van der Waals surface area contributed by atoms with Crippen LogP contribution in [-0.4, -0.2) is 33.2 Å². The molecule has 1 fully saturated rings. The van der Waals surface area contributed by atoms with Gasteiger partial charge in [-0.2, -0.15) is 5.10 Å². The van der Waals surface area contributed by atoms with Gasteiger partial charge in [0, 0.05) is 26.5 Å². The first-order valence-corrected chi connectivity index (χ1v) is 7.63. The minimum Gasteiger partial charge on any atom is -0.389 e. The van der Waals surface area contributed by atoms with Crippen LogP contribution in [0.5, 0.6) is 0 Å². The van der Waals surface area contributed by atoms with Crippen molar-refractivity contribution >= 4 is 15.9 Å². The van der Waals surface area contributed by atoms with E-state index in [1.54, 1.807) is 0 Å². The minimum atomic E-state index is -0.685. The van der Waals surface area contributed by atoms with Crippen LogP contribution in [0.15, 0.2) is 4.47 Å². The van der Waals surface area contributed by atoms with Crippen LogP contribution in [0.3, 0.4) is 0 Å². The highest BCUT2D eigenvalue weighted by Gasteiger charge is 2.37. The van der Waals surface area contributed by atoms with Gasteiger partial charge >= 0.3 is 0 Å². The highest BCUT2D eigenvalue weighted by molar-refractivity contribution is 9.10. The lowest BCUT2D eigenvalue weighted by Crippen LogP contribution is -2.44. The molecule has 108 valence electrons. The lowest BCUT2D eigenvalue weighted by Gasteiger charge is -2.38. The summed E-state index contributed by atoms with van der Waals surface area (Å²) in [4.78, 5) is 0. The molecule has 1 aromatic rings. The molecule has 2 heterocycles. The number of ether oxygens (including phenoxy) is 1. The van der Waals surface area contributed by atoms with Crippen LogP contribution in [0.1, 0.15) is 38.1 Å². The van der Waals surface area contributed by atoms with Gasteiger partial charge in [0.2, 0.25) is 0 Å². The number of aryl methyl sites for hydroxylation is 2. The van der Waals surface area contributed by atoms with E-state index in [0.29, 0.717) is 31.8 Å². The molecule has 2 unspecified atom stereocenters. The van der Waals surface area contributed by atoms with Crippen LogP contribution in [-0.2, 0) is 18.2 Å². The van der Waals surface area contributed by atoms with Gasteiger partial charge in [0.15, 0.2) is 0 Å². The quantitative estimate of drug-likeness (QED) is 0.926. The predicted molar refractivity (Wildman–Crippen MR) is 78.1 cm³/mol. The van der Waals surface area contributed by atoms with E-state index < -0.39 is 5.60 Å². The Kier molecular flexibility index (Phi) is 4.38. The van der Waals surface area contributed by atoms with E-state index in [1.165, 1.54) is 0 Å². The Morgan fingerprint density at radius 2 is 2.26 bits per heavy atom. The molecule has 0 spiro atoms. The number of hydrogen-bond donors (Lipinski definition) is 1. The topological polar surface area (TPSA) is 47.3 Å². The lowest BCUT2D eigenvalue weighted by atomic mass is 9.83. The van der Waals surface area contributed by atoms with Gasteiger partial charge < -0.3 is 9.84 Å². The molecule has 0 radical (unpaired) electrons. The summed E-state index contributed by atoms with van der Waals surface area (Å²) in [5.41, 5.74) is 1.34. The first-order chi connectivity index (χ1) is 8.82. The summed E-state index contributed by atoms with van der Waals surface area (Å²) in [6.45, 7) is 6.88. The molecule has 1 saturated heterocycles. The lowest BCUT2D eigenvalue weighted by molar-refractivity contribution is -0.117. The second-order valence-electron chi connectivity index (χ2n) is 5.98. The van der Waals surface area contributed by atoms with Crippen molar-refractivity contribution in [3.63, 3.8) is 0 Å². The number of hydrogen-bond acceptors (Lipinski definition) is 3. The van der Waals surface area contributed by atoms with Gasteiger partial charge in [-0.25, -0.2) is 0 Å². The number of rotatable bonds is 3. The smallest absolute Gasteiger partial charge is 0.0750 e. The first kappa shape index (κ1) is 15.0. The first-order valence-electron chi connectivity index (χ1n) is 6.84. The highest BCUT2D eigenvalue weighted by Crippen LogP contribution is 2.33. The third kappa shape index (κ3) is 3.20. The summed E-state index contributed by atoms with van der Waals surface area (Å²) < 4.78 is 8.61. The van der Waals surface area contributed by atoms with E-state index in [9.17, 15) is 5.11 Å². The Hall–Kier alpha value is -0.390. The monoisotopic (exact) mass is 330 g/mol. The average Bonchev–Trinajstić information content (AvgIpc) is 2.56. The Bertz CT molecular complexity index is 459. The largest absolute Gasteiger partial charge is 0.389 e. The molecule has 1 N–H and O–H groups in total. The maximum Gasteiger partial charge on any atom is 0.0750 e. The molecular formula is C14H23BrN2O2. The van der Waals surface area contributed by atoms with Crippen molar-refractivity contribution in [3.05, 3.63) is 15.9 Å². The Labute approximate surface area is 123 Å². The van der Waals surface area contributed by atoms with E-state index in [1.807, 2.05) is 18.7 Å². The van der Waals surface area contributed by atoms with E-state index in [0.717, 1.165) is 15.9 Å². The molecule has 0 amide bonds. The summed E-state index contributed by atoms with van der Waals surface area (Å²) >= 11 is 3.57. The van der Waals surface area contributed by atoms with Gasteiger partial charge in [0.1, 0.15) is 0 Å². The zero-order chi connectivity index (χ0) is 14.2. The van der Waals surface area contributed by atoms with E-state index in [2.05, 4.69) is 34.9 Å². The molecular weight excluding hydrogens is 308 g/mol. The molecule has 1 aliphatic heterocycles. The molecule has 0 aromatic carbocycles. The summed E-state index contributed by atoms with van der Waals surface area (Å²) in [6, 6.07) is 0. The van der Waals surface area contributed by atoms with Gasteiger partial charge in [-0.05, 0) is 35.2 Å². The molecule has 0 bridgehead atoms. The fraction of sp³-hybridized carbons (Fsp3) is 0.786. The van der Waals surface area contributed by atoms with Crippen LogP contribution >= 0.6 is 15.9 Å². The van der Waals surface area contributed by atoms with Crippen LogP contribution in [0.4, 0.5) is 0 Å². The number of aliphatic hydroxyl groups is 1. The van der Waals surface area contributed by atoms with Crippen molar-refractivity contribution in [1.82, 2.24) is 9.78 Å². The van der Waals surface area contributed by atoms with Crippen molar-refractivity contribution in [2.75, 3.05) is 6.61 Å². The van der Waals surface area contributed by atoms with E-state index >= 15 is 0 Å². The van der Waals surface area contributed by atoms with Crippen molar-refractivity contribution in [2.45, 2.75) is 51.7 Å². The minimum absolute atomic E-state index is 0.145. The fourth-order valence-corrected chi connectivity index (χ4v) is 3.18. The normalized spacial score (nSPS) is 28.1. The molecule has 19 heavy (non-hydrogen) atoms. The number of nitrogens with zero attached hydrogens (tertiary/aromatic N) is 2. The third-order valence-electron chi connectivity index (χ3n) is 3.98. The third-order valence-corrected chi connectivity index (χ3v) is 5.01. The zero-order valence-electron chi connectivity index (χ0n) is 12.1. The molecule has 0 saturated carbocycles. The van der Waals surface area contributed by atoms with Crippen molar-refractivity contribution < 1.29 is 9.84 Å². The van der Waals surface area contributed by atoms with Crippen molar-refractivity contribution in [2.24, 2.45) is 13.0 Å². The van der Waals surface area contributed by atoms with Crippen LogP contribution < -0.4 is 0 Å². The van der Waals surface area contributed by atoms with Crippen LogP contribution in [0, 0.1) is 12.8 Å². The molecule has 2 rings (SSSR count). The van der Waals surface area contributed by atoms with Gasteiger partial charge in [-0.1, -0.05) is 13.8 Å². The summed E-state index contributed by atoms with van der Waals surface area (Å²) in [7, 11) is 1.93. The molecule has 1 aromatic heterocycles. The molecule has 0 aliphatic carbocycles. The van der Waals surface area contributed by atoms with Gasteiger partial charge in [0.05, 0.1) is 27.6 Å². The van der Waals surface area contributed by atoms with Crippen LogP contribution in [0.25, 0.3) is 0 Å². The second kappa shape index (κ2) is 5.54. The standard InChI is InChI=1S/C14H23BrN2O2/c1-9(2)12-8-14(18,5-6-19-12)7-11-13(15)10(3)16-17(11)4/h9,12,18H,5-8H2,1-4H3. The fourth-order valence-electron chi connectivity index (χ4n) is 2.71. The SMILES string of the molecule is Cc1nn(C)c(CC2(O)CCOC(C(C)C)C2)c1Br. The summed E-state index contributed by atoms with van der Waals surface area (Å²) in [5, 5.41) is 15.2. The highest BCUT2D eigenvalue weighted by atomic mass is 79.9. The maximum atomic E-state index is 10.9. The van der Waals surface area contributed by atoms with Gasteiger partial charge in [0.25, 0.3) is 0 Å². The molecule has 5 heteroatoms. The molecule has 4 nitrogen and oxygen atoms in total. The van der Waals surface area contributed by atoms with Crippen molar-refractivity contribution in [1.29, 1.82) is 0 Å². The van der Waals surface area contributed by atoms with Gasteiger partial charge in [-0.15, -0.1) is 0 Å². The predicted octanol–water partition coefficient (Wildman–Crippen LogP) is 2.60. The number of aromatic nitrogens is 2. The Morgan fingerprint density at radius 1 is 1.58 bits per heavy atom. The van der Waals surface area contributed by atoms with Crippen LogP contribution in [0.2, 0.25) is 0 Å². The number of halogens is 1. The molecule has 2 atom stereocenters.